The number of urea groups is 1. The van der Waals surface area contributed by atoms with Crippen LogP contribution < -0.4 is 14.8 Å². The summed E-state index contributed by atoms with van der Waals surface area (Å²) in [6.45, 7) is 2.13. The maximum absolute atomic E-state index is 12.6. The Morgan fingerprint density at radius 2 is 1.97 bits per heavy atom. The molecule has 0 bridgehead atoms. The number of hydrogen-bond donors (Lipinski definition) is 1. The van der Waals surface area contributed by atoms with Crippen LogP contribution >= 0.6 is 0 Å². The molecule has 0 spiro atoms. The number of hydrogen-bond acceptors (Lipinski definition) is 6. The van der Waals surface area contributed by atoms with Crippen LogP contribution in [0.5, 0.6) is 11.5 Å². The van der Waals surface area contributed by atoms with Gasteiger partial charge in [-0.25, -0.2) is 4.79 Å². The standard InChI is InChI=1S/C23H24N4O4/c28-23(24-11-10-16-5-2-1-3-6-16)27-12-4-7-18(14-27)22-26-25-21(31-22)17-8-9-19-20(13-17)30-15-29-19/h1-3,5-6,8-9,13,18H,4,7,10-12,14-15H2,(H,24,28)/t18-/m1/s1. The minimum Gasteiger partial charge on any atom is -0.454 e. The molecule has 5 rings (SSSR count). The minimum atomic E-state index is -0.0452. The lowest BCUT2D eigenvalue weighted by Gasteiger charge is -2.31. The van der Waals surface area contributed by atoms with Crippen LogP contribution in [-0.2, 0) is 6.42 Å². The fraction of sp³-hybridized carbons (Fsp3) is 0.348. The zero-order valence-electron chi connectivity index (χ0n) is 17.1. The number of amides is 2. The lowest BCUT2D eigenvalue weighted by atomic mass is 9.98. The lowest BCUT2D eigenvalue weighted by Crippen LogP contribution is -2.45. The topological polar surface area (TPSA) is 89.7 Å². The van der Waals surface area contributed by atoms with E-state index in [0.29, 0.717) is 36.4 Å². The fourth-order valence-corrected chi connectivity index (χ4v) is 3.98. The molecule has 160 valence electrons. The molecular formula is C23H24N4O4. The molecule has 1 fully saturated rings. The number of carbonyl (C=O) groups is 1. The monoisotopic (exact) mass is 420 g/mol. The maximum atomic E-state index is 12.6. The molecule has 2 aliphatic heterocycles. The van der Waals surface area contributed by atoms with E-state index in [-0.39, 0.29) is 18.7 Å². The summed E-state index contributed by atoms with van der Waals surface area (Å²) < 4.78 is 16.7. The van der Waals surface area contributed by atoms with Crippen molar-refractivity contribution in [1.82, 2.24) is 20.4 Å². The quantitative estimate of drug-likeness (QED) is 0.678. The van der Waals surface area contributed by atoms with Gasteiger partial charge in [0.2, 0.25) is 18.6 Å². The molecule has 0 saturated carbocycles. The van der Waals surface area contributed by atoms with Crippen molar-refractivity contribution >= 4 is 6.03 Å². The summed E-state index contributed by atoms with van der Waals surface area (Å²) in [5.74, 6) is 2.43. The Balaban J connectivity index is 1.19. The number of nitrogens with one attached hydrogen (secondary N) is 1. The third-order valence-electron chi connectivity index (χ3n) is 5.65. The molecule has 2 aromatic carbocycles. The summed E-state index contributed by atoms with van der Waals surface area (Å²) in [5, 5.41) is 11.5. The average Bonchev–Trinajstić information content (AvgIpc) is 3.49. The summed E-state index contributed by atoms with van der Waals surface area (Å²) in [4.78, 5) is 14.5. The van der Waals surface area contributed by atoms with E-state index in [1.165, 1.54) is 5.56 Å². The molecule has 0 radical (unpaired) electrons. The summed E-state index contributed by atoms with van der Waals surface area (Å²) in [7, 11) is 0. The number of piperidine rings is 1. The number of fused-ring (bicyclic) bond motifs is 1. The second kappa shape index (κ2) is 8.67. The molecule has 3 heterocycles. The minimum absolute atomic E-state index is 0.0314. The summed E-state index contributed by atoms with van der Waals surface area (Å²) in [6.07, 6.45) is 2.63. The second-order valence-corrected chi connectivity index (χ2v) is 7.77. The molecule has 31 heavy (non-hydrogen) atoms. The molecule has 2 aliphatic rings. The van der Waals surface area contributed by atoms with Crippen molar-refractivity contribution in [2.45, 2.75) is 25.2 Å². The predicted molar refractivity (Wildman–Crippen MR) is 113 cm³/mol. The Morgan fingerprint density at radius 3 is 2.87 bits per heavy atom. The Hall–Kier alpha value is -3.55. The summed E-state index contributed by atoms with van der Waals surface area (Å²) >= 11 is 0. The number of rotatable bonds is 5. The van der Waals surface area contributed by atoms with E-state index < -0.39 is 0 Å². The number of ether oxygens (including phenoxy) is 2. The smallest absolute Gasteiger partial charge is 0.317 e. The van der Waals surface area contributed by atoms with Crippen LogP contribution in [0, 0.1) is 0 Å². The van der Waals surface area contributed by atoms with Crippen LogP contribution in [0.1, 0.15) is 30.2 Å². The largest absolute Gasteiger partial charge is 0.454 e. The molecular weight excluding hydrogens is 396 g/mol. The van der Waals surface area contributed by atoms with Crippen molar-refractivity contribution in [1.29, 1.82) is 0 Å². The first-order valence-corrected chi connectivity index (χ1v) is 10.6. The third kappa shape index (κ3) is 4.33. The Bertz CT molecular complexity index is 1050. The Labute approximate surface area is 180 Å². The molecule has 8 heteroatoms. The molecule has 1 saturated heterocycles. The van der Waals surface area contributed by atoms with Crippen LogP contribution in [0.15, 0.2) is 52.9 Å². The fourth-order valence-electron chi connectivity index (χ4n) is 3.98. The van der Waals surface area contributed by atoms with E-state index in [0.717, 1.165) is 31.4 Å². The van der Waals surface area contributed by atoms with Gasteiger partial charge in [-0.15, -0.1) is 10.2 Å². The highest BCUT2D eigenvalue weighted by molar-refractivity contribution is 5.74. The number of aromatic nitrogens is 2. The van der Waals surface area contributed by atoms with E-state index in [1.54, 1.807) is 0 Å². The third-order valence-corrected chi connectivity index (χ3v) is 5.65. The molecule has 0 unspecified atom stereocenters. The molecule has 1 aromatic heterocycles. The van der Waals surface area contributed by atoms with Gasteiger partial charge < -0.3 is 24.1 Å². The molecule has 1 atom stereocenters. The first kappa shape index (κ1) is 19.4. The van der Waals surface area contributed by atoms with E-state index in [2.05, 4.69) is 27.6 Å². The number of nitrogens with zero attached hydrogens (tertiary/aromatic N) is 3. The number of carbonyl (C=O) groups excluding carboxylic acids is 1. The first-order valence-electron chi connectivity index (χ1n) is 10.6. The van der Waals surface area contributed by atoms with Gasteiger partial charge in [0.25, 0.3) is 0 Å². The van der Waals surface area contributed by atoms with E-state index >= 15 is 0 Å². The summed E-state index contributed by atoms with van der Waals surface area (Å²) in [6, 6.07) is 15.6. The average molecular weight is 420 g/mol. The van der Waals surface area contributed by atoms with Crippen molar-refractivity contribution in [3.05, 3.63) is 60.0 Å². The van der Waals surface area contributed by atoms with Gasteiger partial charge in [0.05, 0.1) is 5.92 Å². The molecule has 8 nitrogen and oxygen atoms in total. The van der Waals surface area contributed by atoms with Gasteiger partial charge >= 0.3 is 6.03 Å². The summed E-state index contributed by atoms with van der Waals surface area (Å²) in [5.41, 5.74) is 2.00. The second-order valence-electron chi connectivity index (χ2n) is 7.77. The highest BCUT2D eigenvalue weighted by Crippen LogP contribution is 2.36. The van der Waals surface area contributed by atoms with Gasteiger partial charge in [0.1, 0.15) is 0 Å². The van der Waals surface area contributed by atoms with Crippen molar-refractivity contribution < 1.29 is 18.7 Å². The normalized spacial score (nSPS) is 17.5. The van der Waals surface area contributed by atoms with Crippen LogP contribution in [0.25, 0.3) is 11.5 Å². The number of benzene rings is 2. The van der Waals surface area contributed by atoms with E-state index in [1.807, 2.05) is 41.3 Å². The zero-order valence-corrected chi connectivity index (χ0v) is 17.1. The molecule has 0 aliphatic carbocycles. The first-order chi connectivity index (χ1) is 15.3. The Morgan fingerprint density at radius 1 is 1.10 bits per heavy atom. The van der Waals surface area contributed by atoms with E-state index in [4.69, 9.17) is 13.9 Å². The Kier molecular flexibility index (Phi) is 5.43. The highest BCUT2D eigenvalue weighted by atomic mass is 16.7. The van der Waals surface area contributed by atoms with Crippen LogP contribution in [-0.4, -0.2) is 47.6 Å². The zero-order chi connectivity index (χ0) is 21.0. The van der Waals surface area contributed by atoms with Gasteiger partial charge in [-0.2, -0.15) is 0 Å². The van der Waals surface area contributed by atoms with Gasteiger partial charge in [-0.1, -0.05) is 30.3 Å². The van der Waals surface area contributed by atoms with Crippen molar-refractivity contribution in [2.24, 2.45) is 0 Å². The van der Waals surface area contributed by atoms with Crippen molar-refractivity contribution in [3.63, 3.8) is 0 Å². The predicted octanol–water partition coefficient (Wildman–Crippen LogP) is 3.60. The van der Waals surface area contributed by atoms with Gasteiger partial charge in [0, 0.05) is 25.2 Å². The maximum Gasteiger partial charge on any atom is 0.317 e. The van der Waals surface area contributed by atoms with Crippen LogP contribution in [0.4, 0.5) is 4.79 Å². The molecule has 3 aromatic rings. The lowest BCUT2D eigenvalue weighted by molar-refractivity contribution is 0.173. The van der Waals surface area contributed by atoms with Gasteiger partial charge in [-0.3, -0.25) is 0 Å². The number of likely N-dealkylation sites (tertiary alicyclic amines) is 1. The molecule has 2 amide bonds. The SMILES string of the molecule is O=C(NCCc1ccccc1)N1CCC[C@@H](c2nnc(-c3ccc4c(c3)OCO4)o2)C1. The highest BCUT2D eigenvalue weighted by Gasteiger charge is 2.28. The van der Waals surface area contributed by atoms with Crippen LogP contribution in [0.3, 0.4) is 0 Å². The van der Waals surface area contributed by atoms with Crippen molar-refractivity contribution in [3.8, 4) is 23.0 Å². The van der Waals surface area contributed by atoms with Gasteiger partial charge in [0.15, 0.2) is 11.5 Å². The van der Waals surface area contributed by atoms with Crippen molar-refractivity contribution in [2.75, 3.05) is 26.4 Å². The molecule has 1 N–H and O–H groups in total. The van der Waals surface area contributed by atoms with Crippen LogP contribution in [0.2, 0.25) is 0 Å². The van der Waals surface area contributed by atoms with Gasteiger partial charge in [-0.05, 0) is 43.0 Å². The van der Waals surface area contributed by atoms with E-state index in [9.17, 15) is 4.79 Å².